The predicted molar refractivity (Wildman–Crippen MR) is 145 cm³/mol. The average Bonchev–Trinajstić information content (AvgIpc) is 3.53. The van der Waals surface area contributed by atoms with Crippen LogP contribution >= 0.6 is 11.3 Å². The van der Waals surface area contributed by atoms with E-state index in [-0.39, 0.29) is 6.04 Å². The smallest absolute Gasteiger partial charge is 0.252 e. The van der Waals surface area contributed by atoms with Gasteiger partial charge in [0.05, 0.1) is 24.1 Å². The number of imidazole rings is 1. The van der Waals surface area contributed by atoms with E-state index >= 15 is 0 Å². The number of fused-ring (bicyclic) bond motifs is 1. The highest BCUT2D eigenvalue weighted by atomic mass is 32.2. The van der Waals surface area contributed by atoms with Crippen LogP contribution in [0.1, 0.15) is 37.2 Å². The zero-order valence-electron chi connectivity index (χ0n) is 21.1. The van der Waals surface area contributed by atoms with Gasteiger partial charge >= 0.3 is 0 Å². The van der Waals surface area contributed by atoms with E-state index in [1.54, 1.807) is 4.68 Å². The molecule has 3 aliphatic heterocycles. The average molecular weight is 539 g/mol. The Morgan fingerprint density at radius 1 is 1.24 bits per heavy atom. The molecule has 0 saturated carbocycles. The predicted octanol–water partition coefficient (Wildman–Crippen LogP) is 3.09. The number of aliphatic imine (C=N–C) groups is 1. The fraction of sp³-hybridized carbons (Fsp3) is 0.400. The van der Waals surface area contributed by atoms with Crippen LogP contribution in [0.3, 0.4) is 0 Å². The number of rotatable bonds is 5. The van der Waals surface area contributed by atoms with E-state index in [2.05, 4.69) is 39.4 Å². The minimum Gasteiger partial charge on any atom is -0.337 e. The molecule has 0 spiro atoms. The van der Waals surface area contributed by atoms with Crippen molar-refractivity contribution in [2.24, 2.45) is 12.0 Å². The Labute approximate surface area is 220 Å². The molecule has 0 amide bonds. The summed E-state index contributed by atoms with van der Waals surface area (Å²) in [5, 5.41) is 12.0. The van der Waals surface area contributed by atoms with Crippen molar-refractivity contribution >= 4 is 32.2 Å². The third-order valence-corrected chi connectivity index (χ3v) is 10.6. The molecule has 12 heteroatoms. The van der Waals surface area contributed by atoms with E-state index in [1.807, 2.05) is 38.6 Å². The van der Waals surface area contributed by atoms with Crippen LogP contribution in [0.2, 0.25) is 0 Å². The van der Waals surface area contributed by atoms with Crippen molar-refractivity contribution in [3.8, 4) is 11.3 Å². The first-order valence-corrected chi connectivity index (χ1v) is 14.7. The molecule has 37 heavy (non-hydrogen) atoms. The Balaban J connectivity index is 1.46. The van der Waals surface area contributed by atoms with Crippen LogP contribution in [-0.4, -0.2) is 64.1 Å². The van der Waals surface area contributed by atoms with Gasteiger partial charge in [-0.05, 0) is 56.5 Å². The van der Waals surface area contributed by atoms with Crippen LogP contribution < -0.4 is 10.6 Å². The molecule has 0 aromatic carbocycles. The fourth-order valence-corrected chi connectivity index (χ4v) is 8.10. The molecule has 10 nitrogen and oxygen atoms in total. The molecule has 2 N–H and O–H groups in total. The first-order chi connectivity index (χ1) is 17.8. The lowest BCUT2D eigenvalue weighted by Gasteiger charge is -2.29. The lowest BCUT2D eigenvalue weighted by Crippen LogP contribution is -2.41. The van der Waals surface area contributed by atoms with Gasteiger partial charge in [-0.2, -0.15) is 9.40 Å². The van der Waals surface area contributed by atoms with Crippen molar-refractivity contribution in [3.63, 3.8) is 0 Å². The number of sulfonamides is 1. The molecule has 0 radical (unpaired) electrons. The Morgan fingerprint density at radius 3 is 2.76 bits per heavy atom. The van der Waals surface area contributed by atoms with Crippen LogP contribution in [0, 0.1) is 6.92 Å². The van der Waals surface area contributed by atoms with Gasteiger partial charge in [-0.1, -0.05) is 6.08 Å². The Kier molecular flexibility index (Phi) is 6.14. The molecule has 1 unspecified atom stereocenters. The quantitative estimate of drug-likeness (QED) is 0.517. The summed E-state index contributed by atoms with van der Waals surface area (Å²) in [6, 6.07) is 1.85. The number of nitrogens with one attached hydrogen (secondary N) is 2. The molecule has 6 heterocycles. The standard InChI is InChI=1S/C25H30N8O2S2/c1-16-10-22(36-25(16)37(34,35)32-8-5-9-32)30-23-24-27-14-21(19-13-28-31(3)15-19)33(24)17(2)11-20(29-23)18-6-4-7-26-12-18/h6,10-11,13-15,17,26H,4-5,7-9,12H2,1-3H3,(H,29,30). The Morgan fingerprint density at radius 2 is 2.08 bits per heavy atom. The number of amidine groups is 1. The van der Waals surface area contributed by atoms with Crippen LogP contribution in [0.25, 0.3) is 11.3 Å². The molecule has 1 atom stereocenters. The van der Waals surface area contributed by atoms with E-state index in [1.165, 1.54) is 21.2 Å². The highest BCUT2D eigenvalue weighted by Gasteiger charge is 2.32. The van der Waals surface area contributed by atoms with Crippen molar-refractivity contribution in [3.05, 3.63) is 59.5 Å². The van der Waals surface area contributed by atoms with Crippen LogP contribution in [-0.2, 0) is 17.1 Å². The number of aryl methyl sites for hydroxylation is 2. The summed E-state index contributed by atoms with van der Waals surface area (Å²) in [6.45, 7) is 6.86. The Bertz CT molecular complexity index is 1550. The summed E-state index contributed by atoms with van der Waals surface area (Å²) in [5.74, 6) is 1.28. The maximum Gasteiger partial charge on any atom is 0.252 e. The molecule has 194 valence electrons. The maximum atomic E-state index is 13.1. The van der Waals surface area contributed by atoms with Gasteiger partial charge in [-0.25, -0.2) is 18.4 Å². The maximum absolute atomic E-state index is 13.1. The number of thiophene rings is 1. The van der Waals surface area contributed by atoms with E-state index in [0.717, 1.165) is 42.9 Å². The molecule has 0 bridgehead atoms. The van der Waals surface area contributed by atoms with E-state index in [9.17, 15) is 8.42 Å². The van der Waals surface area contributed by atoms with Crippen molar-refractivity contribution < 1.29 is 8.42 Å². The topological polar surface area (TPSA) is 109 Å². The van der Waals surface area contributed by atoms with Crippen molar-refractivity contribution in [1.29, 1.82) is 0 Å². The second-order valence-electron chi connectivity index (χ2n) is 9.65. The lowest BCUT2D eigenvalue weighted by molar-refractivity contribution is 0.310. The van der Waals surface area contributed by atoms with Gasteiger partial charge in [0.2, 0.25) is 0 Å². The number of hydrogen-bond donors (Lipinski definition) is 2. The van der Waals surface area contributed by atoms with Crippen molar-refractivity contribution in [1.82, 2.24) is 34.3 Å². The Hall–Kier alpha value is -3.06. The van der Waals surface area contributed by atoms with Gasteiger partial charge in [0, 0.05) is 44.1 Å². The van der Waals surface area contributed by atoms with Crippen molar-refractivity contribution in [2.75, 3.05) is 26.2 Å². The number of hydrogen-bond acceptors (Lipinski definition) is 7. The zero-order chi connectivity index (χ0) is 25.7. The van der Waals surface area contributed by atoms with Gasteiger partial charge in [0.1, 0.15) is 9.21 Å². The fourth-order valence-electron chi connectivity index (χ4n) is 4.89. The van der Waals surface area contributed by atoms with Gasteiger partial charge in [0.15, 0.2) is 11.7 Å². The second kappa shape index (κ2) is 9.35. The first-order valence-electron chi connectivity index (χ1n) is 12.5. The van der Waals surface area contributed by atoms with Crippen LogP contribution in [0.15, 0.2) is 57.3 Å². The largest absolute Gasteiger partial charge is 0.337 e. The van der Waals surface area contributed by atoms with Gasteiger partial charge in [0.25, 0.3) is 10.0 Å². The zero-order valence-corrected chi connectivity index (χ0v) is 22.7. The highest BCUT2D eigenvalue weighted by Crippen LogP contribution is 2.37. The molecule has 1 fully saturated rings. The third-order valence-electron chi connectivity index (χ3n) is 6.92. The third kappa shape index (κ3) is 4.37. The molecular formula is C25H30N8O2S2. The molecule has 6 rings (SSSR count). The number of allylic oxidation sites excluding steroid dienone is 1. The van der Waals surface area contributed by atoms with Crippen LogP contribution in [0.4, 0.5) is 5.00 Å². The van der Waals surface area contributed by atoms with E-state index in [4.69, 9.17) is 9.98 Å². The molecule has 3 aromatic rings. The van der Waals surface area contributed by atoms with Gasteiger partial charge in [-0.15, -0.1) is 11.3 Å². The normalized spacial score (nSPS) is 21.6. The highest BCUT2D eigenvalue weighted by molar-refractivity contribution is 7.91. The first kappa shape index (κ1) is 24.3. The van der Waals surface area contributed by atoms with Gasteiger partial charge in [-0.3, -0.25) is 4.68 Å². The van der Waals surface area contributed by atoms with Crippen molar-refractivity contribution in [2.45, 2.75) is 36.9 Å². The minimum absolute atomic E-state index is 0.00170. The van der Waals surface area contributed by atoms with Gasteiger partial charge < -0.3 is 15.2 Å². The monoisotopic (exact) mass is 538 g/mol. The molecule has 1 saturated heterocycles. The molecule has 0 aliphatic carbocycles. The summed E-state index contributed by atoms with van der Waals surface area (Å²) < 4.78 is 32.0. The molecule has 3 aliphatic rings. The minimum atomic E-state index is -3.48. The molecule has 3 aromatic heterocycles. The van der Waals surface area contributed by atoms with E-state index < -0.39 is 10.0 Å². The second-order valence-corrected chi connectivity index (χ2v) is 12.8. The summed E-state index contributed by atoms with van der Waals surface area (Å²) >= 11 is 1.21. The van der Waals surface area contributed by atoms with Crippen LogP contribution in [0.5, 0.6) is 0 Å². The summed E-state index contributed by atoms with van der Waals surface area (Å²) in [4.78, 5) is 9.74. The SMILES string of the molecule is Cc1cc(N=C2NC(C3=CCCNC3)=CC(C)n3c(-c4cnn(C)c4)cnc32)sc1S(=O)(=O)N1CCC1. The number of nitrogens with zero attached hydrogens (tertiary/aromatic N) is 6. The molecular weight excluding hydrogens is 508 g/mol. The lowest BCUT2D eigenvalue weighted by atomic mass is 10.1. The summed E-state index contributed by atoms with van der Waals surface area (Å²) in [6.07, 6.45) is 12.0. The summed E-state index contributed by atoms with van der Waals surface area (Å²) in [7, 11) is -1.59. The van der Waals surface area contributed by atoms with E-state index in [0.29, 0.717) is 39.5 Å². The summed E-state index contributed by atoms with van der Waals surface area (Å²) in [5.41, 5.74) is 4.80. The number of aromatic nitrogens is 4.